The van der Waals surface area contributed by atoms with Gasteiger partial charge in [-0.1, -0.05) is 13.3 Å². The van der Waals surface area contributed by atoms with Crippen LogP contribution in [0.3, 0.4) is 0 Å². The van der Waals surface area contributed by atoms with Crippen molar-refractivity contribution in [3.05, 3.63) is 0 Å². The molecule has 0 heterocycles. The molecule has 0 saturated heterocycles. The Morgan fingerprint density at radius 3 is 2.44 bits per heavy atom. The molecule has 0 aliphatic heterocycles. The van der Waals surface area contributed by atoms with Crippen molar-refractivity contribution < 1.29 is 19.5 Å². The number of nitrogens with two attached hydrogens (primary N) is 1. The highest BCUT2D eigenvalue weighted by molar-refractivity contribution is 5.86. The summed E-state index contributed by atoms with van der Waals surface area (Å²) in [6.45, 7) is 1.90. The number of urea groups is 1. The van der Waals surface area contributed by atoms with Crippen LogP contribution in [0.1, 0.15) is 26.2 Å². The van der Waals surface area contributed by atoms with Crippen LogP contribution in [0, 0.1) is 0 Å². The van der Waals surface area contributed by atoms with E-state index in [9.17, 15) is 14.4 Å². The quantitative estimate of drug-likeness (QED) is 0.468. The zero-order valence-electron chi connectivity index (χ0n) is 9.16. The summed E-state index contributed by atoms with van der Waals surface area (Å²) in [5, 5.41) is 13.1. The van der Waals surface area contributed by atoms with Crippen molar-refractivity contribution in [1.82, 2.24) is 10.6 Å². The zero-order valence-corrected chi connectivity index (χ0v) is 9.16. The molecule has 0 fully saturated rings. The molecule has 7 nitrogen and oxygen atoms in total. The van der Waals surface area contributed by atoms with Crippen LogP contribution >= 0.6 is 0 Å². The van der Waals surface area contributed by atoms with E-state index in [0.29, 0.717) is 12.8 Å². The molecule has 92 valence electrons. The summed E-state index contributed by atoms with van der Waals surface area (Å²) in [6, 6.07) is -1.47. The molecule has 7 heteroatoms. The second-order valence-electron chi connectivity index (χ2n) is 3.28. The van der Waals surface area contributed by atoms with E-state index in [-0.39, 0.29) is 13.0 Å². The van der Waals surface area contributed by atoms with Gasteiger partial charge in [-0.15, -0.1) is 0 Å². The maximum absolute atomic E-state index is 11.5. The van der Waals surface area contributed by atoms with Gasteiger partial charge in [0.2, 0.25) is 5.91 Å². The van der Waals surface area contributed by atoms with Crippen LogP contribution in [-0.4, -0.2) is 35.6 Å². The van der Waals surface area contributed by atoms with Gasteiger partial charge in [-0.3, -0.25) is 9.59 Å². The van der Waals surface area contributed by atoms with Crippen molar-refractivity contribution in [1.29, 1.82) is 0 Å². The SMILES string of the molecule is CCC[C@@H](NC(N)=O)C(=O)NCCC(=O)O. The average Bonchev–Trinajstić information content (AvgIpc) is 2.15. The Labute approximate surface area is 93.4 Å². The first-order chi connectivity index (χ1) is 7.47. The zero-order chi connectivity index (χ0) is 12.6. The Balaban J connectivity index is 4.05. The lowest BCUT2D eigenvalue weighted by molar-refractivity contribution is -0.137. The lowest BCUT2D eigenvalue weighted by atomic mass is 10.1. The van der Waals surface area contributed by atoms with Gasteiger partial charge in [0.25, 0.3) is 0 Å². The third kappa shape index (κ3) is 6.63. The van der Waals surface area contributed by atoms with Gasteiger partial charge in [0, 0.05) is 6.54 Å². The van der Waals surface area contributed by atoms with Gasteiger partial charge >= 0.3 is 12.0 Å². The summed E-state index contributed by atoms with van der Waals surface area (Å²) in [6.07, 6.45) is 1.01. The molecule has 0 aromatic rings. The van der Waals surface area contributed by atoms with E-state index in [1.807, 2.05) is 6.92 Å². The van der Waals surface area contributed by atoms with Crippen LogP contribution in [0.4, 0.5) is 4.79 Å². The second-order valence-corrected chi connectivity index (χ2v) is 3.28. The number of hydrogen-bond acceptors (Lipinski definition) is 3. The maximum Gasteiger partial charge on any atom is 0.312 e. The minimum absolute atomic E-state index is 0.0365. The number of nitrogens with one attached hydrogen (secondary N) is 2. The number of carbonyl (C=O) groups excluding carboxylic acids is 2. The molecule has 0 spiro atoms. The highest BCUT2D eigenvalue weighted by atomic mass is 16.4. The molecule has 3 amide bonds. The van der Waals surface area contributed by atoms with Crippen LogP contribution < -0.4 is 16.4 Å². The van der Waals surface area contributed by atoms with Gasteiger partial charge in [0.1, 0.15) is 6.04 Å². The van der Waals surface area contributed by atoms with E-state index in [4.69, 9.17) is 10.8 Å². The molecule has 0 aliphatic rings. The van der Waals surface area contributed by atoms with Crippen molar-refractivity contribution in [2.45, 2.75) is 32.2 Å². The largest absolute Gasteiger partial charge is 0.481 e. The van der Waals surface area contributed by atoms with Gasteiger partial charge in [0.15, 0.2) is 0 Å². The van der Waals surface area contributed by atoms with Gasteiger partial charge in [0.05, 0.1) is 6.42 Å². The highest BCUT2D eigenvalue weighted by Crippen LogP contribution is 1.96. The fourth-order valence-corrected chi connectivity index (χ4v) is 1.15. The van der Waals surface area contributed by atoms with Gasteiger partial charge in [-0.25, -0.2) is 4.79 Å². The van der Waals surface area contributed by atoms with E-state index in [2.05, 4.69) is 10.6 Å². The standard InChI is InChI=1S/C9H17N3O4/c1-2-3-6(12-9(10)16)8(15)11-5-4-7(13)14/h6H,2-5H2,1H3,(H,11,15)(H,13,14)(H3,10,12,16)/t6-/m1/s1. The molecular formula is C9H17N3O4. The molecule has 0 radical (unpaired) electrons. The number of carboxylic acids is 1. The minimum Gasteiger partial charge on any atom is -0.481 e. The van der Waals surface area contributed by atoms with Gasteiger partial charge in [-0.2, -0.15) is 0 Å². The number of hydrogen-bond donors (Lipinski definition) is 4. The number of amides is 3. The smallest absolute Gasteiger partial charge is 0.312 e. The molecule has 0 unspecified atom stereocenters. The summed E-state index contributed by atoms with van der Waals surface area (Å²) in [4.78, 5) is 32.3. The normalized spacial score (nSPS) is 11.6. The Morgan fingerprint density at radius 1 is 1.38 bits per heavy atom. The molecule has 0 aromatic carbocycles. The first kappa shape index (κ1) is 14.2. The van der Waals surface area contributed by atoms with Crippen LogP contribution in [0.5, 0.6) is 0 Å². The molecule has 5 N–H and O–H groups in total. The predicted octanol–water partition coefficient (Wildman–Crippen LogP) is -0.586. The Hall–Kier alpha value is -1.79. The lowest BCUT2D eigenvalue weighted by Gasteiger charge is -2.15. The fourth-order valence-electron chi connectivity index (χ4n) is 1.15. The summed E-state index contributed by atoms with van der Waals surface area (Å²) < 4.78 is 0. The number of carboxylic acid groups (broad SMARTS) is 1. The topological polar surface area (TPSA) is 122 Å². The average molecular weight is 231 g/mol. The second kappa shape index (κ2) is 7.49. The Morgan fingerprint density at radius 2 is 2.00 bits per heavy atom. The Bertz CT molecular complexity index is 267. The first-order valence-corrected chi connectivity index (χ1v) is 5.02. The lowest BCUT2D eigenvalue weighted by Crippen LogP contribution is -2.48. The summed E-state index contributed by atoms with van der Waals surface area (Å²) in [5.41, 5.74) is 4.91. The molecule has 0 rings (SSSR count). The Kier molecular flexibility index (Phi) is 6.66. The third-order valence-electron chi connectivity index (χ3n) is 1.85. The summed E-state index contributed by atoms with van der Waals surface area (Å²) in [5.74, 6) is -1.41. The van der Waals surface area contributed by atoms with Crippen LogP contribution in [0.15, 0.2) is 0 Å². The van der Waals surface area contributed by atoms with E-state index >= 15 is 0 Å². The third-order valence-corrected chi connectivity index (χ3v) is 1.85. The van der Waals surface area contributed by atoms with Crippen molar-refractivity contribution >= 4 is 17.9 Å². The molecule has 16 heavy (non-hydrogen) atoms. The van der Waals surface area contributed by atoms with Crippen LogP contribution in [0.25, 0.3) is 0 Å². The number of aliphatic carboxylic acids is 1. The maximum atomic E-state index is 11.5. The van der Waals surface area contributed by atoms with E-state index in [1.54, 1.807) is 0 Å². The monoisotopic (exact) mass is 231 g/mol. The number of carbonyl (C=O) groups is 3. The van der Waals surface area contributed by atoms with E-state index < -0.39 is 23.9 Å². The molecule has 1 atom stereocenters. The van der Waals surface area contributed by atoms with Crippen molar-refractivity contribution in [3.8, 4) is 0 Å². The summed E-state index contributed by atoms with van der Waals surface area (Å²) >= 11 is 0. The molecule has 0 aliphatic carbocycles. The van der Waals surface area contributed by atoms with Crippen molar-refractivity contribution in [2.75, 3.05) is 6.54 Å². The number of primary amides is 1. The molecule has 0 aromatic heterocycles. The van der Waals surface area contributed by atoms with Crippen molar-refractivity contribution in [2.24, 2.45) is 5.73 Å². The predicted molar refractivity (Wildman–Crippen MR) is 56.7 cm³/mol. The van der Waals surface area contributed by atoms with Crippen LogP contribution in [-0.2, 0) is 9.59 Å². The highest BCUT2D eigenvalue weighted by Gasteiger charge is 2.18. The molecule has 0 bridgehead atoms. The first-order valence-electron chi connectivity index (χ1n) is 5.02. The minimum atomic E-state index is -0.991. The fraction of sp³-hybridized carbons (Fsp3) is 0.667. The van der Waals surface area contributed by atoms with E-state index in [0.717, 1.165) is 0 Å². The molecular weight excluding hydrogens is 214 g/mol. The van der Waals surface area contributed by atoms with Gasteiger partial charge in [-0.05, 0) is 6.42 Å². The van der Waals surface area contributed by atoms with Crippen LogP contribution in [0.2, 0.25) is 0 Å². The van der Waals surface area contributed by atoms with Gasteiger partial charge < -0.3 is 21.5 Å². The molecule has 0 saturated carbocycles. The number of rotatable bonds is 7. The summed E-state index contributed by atoms with van der Waals surface area (Å²) in [7, 11) is 0. The van der Waals surface area contributed by atoms with Crippen molar-refractivity contribution in [3.63, 3.8) is 0 Å². The van der Waals surface area contributed by atoms with E-state index in [1.165, 1.54) is 0 Å².